The van der Waals surface area contributed by atoms with E-state index in [1.807, 2.05) is 0 Å². The molecule has 1 aliphatic carbocycles. The highest BCUT2D eigenvalue weighted by Crippen LogP contribution is 2.38. The van der Waals surface area contributed by atoms with Crippen LogP contribution in [-0.2, 0) is 22.4 Å². The zero-order chi connectivity index (χ0) is 17.5. The van der Waals surface area contributed by atoms with E-state index >= 15 is 0 Å². The molecule has 2 rings (SSSR count). The fraction of sp³-hybridized carbons (Fsp3) is 0.588. The van der Waals surface area contributed by atoms with E-state index in [0.717, 1.165) is 50.5 Å². The quantitative estimate of drug-likeness (QED) is 0.454. The first-order chi connectivity index (χ1) is 11.6. The van der Waals surface area contributed by atoms with E-state index in [1.165, 1.54) is 23.3 Å². The van der Waals surface area contributed by atoms with Crippen molar-refractivity contribution in [2.75, 3.05) is 12.4 Å². The van der Waals surface area contributed by atoms with Gasteiger partial charge in [-0.3, -0.25) is 4.79 Å². The number of ether oxygens (including phenoxy) is 1. The van der Waals surface area contributed by atoms with Crippen molar-refractivity contribution in [3.63, 3.8) is 0 Å². The molecule has 1 amide bonds. The van der Waals surface area contributed by atoms with Gasteiger partial charge in [0, 0.05) is 11.3 Å². The molecule has 0 unspecified atom stereocenters. The molecule has 0 spiro atoms. The van der Waals surface area contributed by atoms with Gasteiger partial charge in [0.25, 0.3) is 0 Å². The molecule has 2 N–H and O–H groups in total. The van der Waals surface area contributed by atoms with Gasteiger partial charge < -0.3 is 15.4 Å². The highest BCUT2D eigenvalue weighted by molar-refractivity contribution is 7.80. The van der Waals surface area contributed by atoms with Crippen molar-refractivity contribution < 1.29 is 14.3 Å². The van der Waals surface area contributed by atoms with Crippen LogP contribution in [0.2, 0.25) is 0 Å². The van der Waals surface area contributed by atoms with Crippen LogP contribution in [0, 0.1) is 0 Å². The minimum atomic E-state index is -0.353. The summed E-state index contributed by atoms with van der Waals surface area (Å²) in [6, 6.07) is 0. The van der Waals surface area contributed by atoms with Crippen LogP contribution in [0.15, 0.2) is 0 Å². The van der Waals surface area contributed by atoms with E-state index in [4.69, 9.17) is 17.0 Å². The van der Waals surface area contributed by atoms with Crippen LogP contribution in [0.3, 0.4) is 0 Å². The van der Waals surface area contributed by atoms with Crippen LogP contribution in [-0.4, -0.2) is 24.1 Å². The maximum absolute atomic E-state index is 12.2. The monoisotopic (exact) mass is 368 g/mol. The standard InChI is InChI=1S/C17H24N2O3S2/c1-3-4-5-10-13(20)18-17(23)19-15-14(16(21)22-2)11-8-6-7-9-12(11)24-15/h3-10H2,1-2H3,(H2,18,19,20,23). The Morgan fingerprint density at radius 3 is 2.71 bits per heavy atom. The Labute approximate surface area is 152 Å². The van der Waals surface area contributed by atoms with E-state index in [9.17, 15) is 9.59 Å². The third-order valence-electron chi connectivity index (χ3n) is 4.05. The lowest BCUT2D eigenvalue weighted by Crippen LogP contribution is -2.34. The molecule has 132 valence electrons. The molecule has 1 aromatic heterocycles. The molecule has 0 saturated carbocycles. The summed E-state index contributed by atoms with van der Waals surface area (Å²) in [6.07, 6.45) is 7.47. The van der Waals surface area contributed by atoms with Gasteiger partial charge in [-0.15, -0.1) is 11.3 Å². The summed E-state index contributed by atoms with van der Waals surface area (Å²) in [5.74, 6) is -0.448. The maximum atomic E-state index is 12.2. The zero-order valence-corrected chi connectivity index (χ0v) is 15.8. The molecular weight excluding hydrogens is 344 g/mol. The van der Waals surface area contributed by atoms with Gasteiger partial charge in [-0.1, -0.05) is 19.8 Å². The summed E-state index contributed by atoms with van der Waals surface area (Å²) in [6.45, 7) is 2.09. The van der Waals surface area contributed by atoms with Crippen molar-refractivity contribution in [2.45, 2.75) is 58.3 Å². The van der Waals surface area contributed by atoms with Crippen LogP contribution in [0.4, 0.5) is 5.00 Å². The predicted octanol–water partition coefficient (Wildman–Crippen LogP) is 3.81. The predicted molar refractivity (Wildman–Crippen MR) is 101 cm³/mol. The van der Waals surface area contributed by atoms with Crippen molar-refractivity contribution in [3.8, 4) is 0 Å². The summed E-state index contributed by atoms with van der Waals surface area (Å²) in [7, 11) is 1.38. The van der Waals surface area contributed by atoms with E-state index in [2.05, 4.69) is 17.6 Å². The van der Waals surface area contributed by atoms with Gasteiger partial charge >= 0.3 is 5.97 Å². The third-order valence-corrected chi connectivity index (χ3v) is 5.46. The Morgan fingerprint density at radius 2 is 2.00 bits per heavy atom. The molecule has 7 heteroatoms. The summed E-state index contributed by atoms with van der Waals surface area (Å²) in [5.41, 5.74) is 1.64. The van der Waals surface area contributed by atoms with Gasteiger partial charge in [-0.05, 0) is 49.9 Å². The molecule has 1 aromatic rings. The van der Waals surface area contributed by atoms with E-state index < -0.39 is 0 Å². The lowest BCUT2D eigenvalue weighted by Gasteiger charge is -2.12. The number of hydrogen-bond acceptors (Lipinski definition) is 5. The summed E-state index contributed by atoms with van der Waals surface area (Å²) < 4.78 is 4.93. The van der Waals surface area contributed by atoms with Crippen LogP contribution in [0.5, 0.6) is 0 Å². The molecular formula is C17H24N2O3S2. The molecule has 1 aliphatic rings. The maximum Gasteiger partial charge on any atom is 0.341 e. The normalized spacial score (nSPS) is 13.1. The van der Waals surface area contributed by atoms with Gasteiger partial charge in [0.15, 0.2) is 5.11 Å². The van der Waals surface area contributed by atoms with Gasteiger partial charge in [-0.25, -0.2) is 4.79 Å². The number of aryl methyl sites for hydroxylation is 1. The highest BCUT2D eigenvalue weighted by atomic mass is 32.1. The summed E-state index contributed by atoms with van der Waals surface area (Å²) in [4.78, 5) is 25.2. The van der Waals surface area contributed by atoms with Crippen molar-refractivity contribution in [3.05, 3.63) is 16.0 Å². The number of esters is 1. The molecule has 24 heavy (non-hydrogen) atoms. The minimum Gasteiger partial charge on any atom is -0.465 e. The highest BCUT2D eigenvalue weighted by Gasteiger charge is 2.26. The topological polar surface area (TPSA) is 67.4 Å². The largest absolute Gasteiger partial charge is 0.465 e. The molecule has 0 bridgehead atoms. The zero-order valence-electron chi connectivity index (χ0n) is 14.2. The first kappa shape index (κ1) is 18.9. The molecule has 1 heterocycles. The van der Waals surface area contributed by atoms with Crippen LogP contribution in [0.25, 0.3) is 0 Å². The molecule has 0 fully saturated rings. The molecule has 0 radical (unpaired) electrons. The Hall–Kier alpha value is -1.47. The lowest BCUT2D eigenvalue weighted by molar-refractivity contribution is -0.119. The van der Waals surface area contributed by atoms with Crippen molar-refractivity contribution in [1.82, 2.24) is 5.32 Å². The number of methoxy groups -OCH3 is 1. The van der Waals surface area contributed by atoms with Gasteiger partial charge in [0.1, 0.15) is 5.00 Å². The number of unbranched alkanes of at least 4 members (excludes halogenated alkanes) is 2. The number of hydrogen-bond donors (Lipinski definition) is 2. The molecule has 0 atom stereocenters. The average Bonchev–Trinajstić information content (AvgIpc) is 2.91. The van der Waals surface area contributed by atoms with Crippen molar-refractivity contribution >= 4 is 45.5 Å². The molecule has 5 nitrogen and oxygen atoms in total. The van der Waals surface area contributed by atoms with E-state index in [-0.39, 0.29) is 17.0 Å². The Balaban J connectivity index is 2.06. The summed E-state index contributed by atoms with van der Waals surface area (Å²) >= 11 is 6.76. The Morgan fingerprint density at radius 1 is 1.25 bits per heavy atom. The number of fused-ring (bicyclic) bond motifs is 1. The molecule has 0 saturated heterocycles. The van der Waals surface area contributed by atoms with E-state index in [1.54, 1.807) is 0 Å². The smallest absolute Gasteiger partial charge is 0.341 e. The Kier molecular flexibility index (Phi) is 7.17. The molecule has 0 aromatic carbocycles. The number of thiophene rings is 1. The lowest BCUT2D eigenvalue weighted by atomic mass is 9.95. The second-order valence-electron chi connectivity index (χ2n) is 5.87. The fourth-order valence-electron chi connectivity index (χ4n) is 2.83. The number of carbonyl (C=O) groups excluding carboxylic acids is 2. The van der Waals surface area contributed by atoms with Crippen LogP contribution in [0.1, 0.15) is 66.2 Å². The molecule has 0 aliphatic heterocycles. The van der Waals surface area contributed by atoms with Gasteiger partial charge in [-0.2, -0.15) is 0 Å². The first-order valence-corrected chi connectivity index (χ1v) is 9.63. The number of thiocarbonyl (C=S) groups is 1. The SMILES string of the molecule is CCCCCC(=O)NC(=S)Nc1sc2c(c1C(=O)OC)CCCC2. The third kappa shape index (κ3) is 4.77. The van der Waals surface area contributed by atoms with Crippen LogP contribution >= 0.6 is 23.6 Å². The van der Waals surface area contributed by atoms with E-state index in [0.29, 0.717) is 17.0 Å². The number of carbonyl (C=O) groups is 2. The van der Waals surface area contributed by atoms with Crippen molar-refractivity contribution in [2.24, 2.45) is 0 Å². The Bertz CT molecular complexity index is 626. The number of nitrogens with one attached hydrogen (secondary N) is 2. The minimum absolute atomic E-state index is 0.0955. The fourth-order valence-corrected chi connectivity index (χ4v) is 4.39. The number of anilines is 1. The number of amides is 1. The second-order valence-corrected chi connectivity index (χ2v) is 7.38. The second kappa shape index (κ2) is 9.13. The van der Waals surface area contributed by atoms with Crippen LogP contribution < -0.4 is 10.6 Å². The summed E-state index contributed by atoms with van der Waals surface area (Å²) in [5, 5.41) is 6.62. The van der Waals surface area contributed by atoms with Gasteiger partial charge in [0.2, 0.25) is 5.91 Å². The average molecular weight is 369 g/mol. The van der Waals surface area contributed by atoms with Gasteiger partial charge in [0.05, 0.1) is 12.7 Å². The first-order valence-electron chi connectivity index (χ1n) is 8.40. The number of rotatable bonds is 6. The van der Waals surface area contributed by atoms with Crippen molar-refractivity contribution in [1.29, 1.82) is 0 Å².